The number of carbonyl (C=O) groups excluding carboxylic acids is 2. The van der Waals surface area contributed by atoms with Crippen molar-refractivity contribution in [1.29, 1.82) is 0 Å². The number of rotatable bonds is 4. The molecule has 2 aliphatic carbocycles. The van der Waals surface area contributed by atoms with E-state index in [1.165, 1.54) is 0 Å². The lowest BCUT2D eigenvalue weighted by Crippen LogP contribution is -2.66. The highest BCUT2D eigenvalue weighted by Crippen LogP contribution is 2.61. The lowest BCUT2D eigenvalue weighted by Gasteiger charge is -2.54. The van der Waals surface area contributed by atoms with Crippen LogP contribution in [0.3, 0.4) is 0 Å². The third-order valence-corrected chi connectivity index (χ3v) is 6.83. The van der Waals surface area contributed by atoms with Crippen molar-refractivity contribution in [2.45, 2.75) is 42.9 Å². The van der Waals surface area contributed by atoms with Crippen LogP contribution in [0, 0.1) is 23.4 Å². The summed E-state index contributed by atoms with van der Waals surface area (Å²) in [6, 6.07) is 3.70. The zero-order valence-corrected chi connectivity index (χ0v) is 16.4. The van der Waals surface area contributed by atoms with Gasteiger partial charge >= 0.3 is 5.92 Å². The zero-order chi connectivity index (χ0) is 23.0. The van der Waals surface area contributed by atoms with Crippen molar-refractivity contribution >= 4 is 17.5 Å². The summed E-state index contributed by atoms with van der Waals surface area (Å²) in [5.41, 5.74) is -2.67. The maximum atomic E-state index is 15.1. The van der Waals surface area contributed by atoms with E-state index in [0.29, 0.717) is 24.6 Å². The molecule has 3 fully saturated rings. The topological polar surface area (TPSA) is 69.6 Å². The monoisotopic (exact) mass is 452 g/mol. The van der Waals surface area contributed by atoms with Gasteiger partial charge in [-0.25, -0.2) is 13.2 Å². The van der Waals surface area contributed by atoms with E-state index in [1.807, 2.05) is 0 Å². The lowest BCUT2D eigenvalue weighted by molar-refractivity contribution is -0.189. The molecule has 3 aliphatic rings. The summed E-state index contributed by atoms with van der Waals surface area (Å²) in [6.45, 7) is 0. The van der Waals surface area contributed by atoms with Crippen LogP contribution < -0.4 is 5.32 Å². The molecule has 0 spiro atoms. The molecule has 2 aromatic rings. The number of alkyl halides is 2. The quantitative estimate of drug-likeness (QED) is 0.697. The van der Waals surface area contributed by atoms with Gasteiger partial charge in [0.05, 0.1) is 11.2 Å². The fourth-order valence-electron chi connectivity index (χ4n) is 5.30. The van der Waals surface area contributed by atoms with Crippen LogP contribution in [-0.2, 0) is 10.7 Å². The van der Waals surface area contributed by atoms with Gasteiger partial charge in [-0.3, -0.25) is 9.59 Å². The molecule has 1 heterocycles. The summed E-state index contributed by atoms with van der Waals surface area (Å²) in [6.07, 6.45) is 0.867. The Morgan fingerprint density at radius 3 is 2.38 bits per heavy atom. The van der Waals surface area contributed by atoms with Gasteiger partial charge in [-0.15, -0.1) is 0 Å². The molecule has 10 heteroatoms. The van der Waals surface area contributed by atoms with Crippen molar-refractivity contribution in [1.82, 2.24) is 4.90 Å². The minimum Gasteiger partial charge on any atom is -0.389 e. The largest absolute Gasteiger partial charge is 0.389 e. The van der Waals surface area contributed by atoms with Crippen LogP contribution in [0.1, 0.15) is 35.2 Å². The van der Waals surface area contributed by atoms with E-state index < -0.39 is 58.4 Å². The molecule has 1 aliphatic heterocycles. The Bertz CT molecular complexity index is 1150. The Balaban J connectivity index is 1.40. The van der Waals surface area contributed by atoms with Crippen LogP contribution >= 0.6 is 0 Å². The fourth-order valence-corrected chi connectivity index (χ4v) is 5.30. The molecule has 168 valence electrons. The SMILES string of the molecule is O=C(Nc1ccc(F)c(F)c1)c1ccc(F)c(C(F)(F)C(=O)N2[C@@H]3CC4[C@H]2C[C@@]4(O)C3)c1. The maximum Gasteiger partial charge on any atom is 0.352 e. The number of carbonyl (C=O) groups is 2. The molecule has 2 amide bonds. The summed E-state index contributed by atoms with van der Waals surface area (Å²) < 4.78 is 71.0. The van der Waals surface area contributed by atoms with Gasteiger partial charge in [-0.1, -0.05) is 0 Å². The number of nitrogens with one attached hydrogen (secondary N) is 1. The zero-order valence-electron chi connectivity index (χ0n) is 16.4. The molecule has 0 aromatic heterocycles. The van der Waals surface area contributed by atoms with E-state index >= 15 is 8.78 Å². The first kappa shape index (κ1) is 20.9. The Morgan fingerprint density at radius 1 is 1.03 bits per heavy atom. The number of hydrogen-bond donors (Lipinski definition) is 2. The van der Waals surface area contributed by atoms with Crippen molar-refractivity contribution in [3.05, 3.63) is 65.0 Å². The molecule has 5 rings (SSSR count). The van der Waals surface area contributed by atoms with Crippen LogP contribution in [0.5, 0.6) is 0 Å². The highest BCUT2D eigenvalue weighted by molar-refractivity contribution is 6.04. The molecule has 5 nitrogen and oxygen atoms in total. The van der Waals surface area contributed by atoms with E-state index in [-0.39, 0.29) is 30.0 Å². The average molecular weight is 452 g/mol. The number of benzene rings is 2. The predicted molar refractivity (Wildman–Crippen MR) is 101 cm³/mol. The smallest absolute Gasteiger partial charge is 0.352 e. The maximum absolute atomic E-state index is 15.1. The second-order valence-corrected chi connectivity index (χ2v) is 8.64. The third-order valence-electron chi connectivity index (χ3n) is 6.83. The van der Waals surface area contributed by atoms with Crippen LogP contribution in [0.4, 0.5) is 27.6 Å². The molecule has 4 atom stereocenters. The number of fused-ring (bicyclic) bond motifs is 1. The first-order valence-electron chi connectivity index (χ1n) is 10.0. The molecular formula is C22H17F5N2O3. The van der Waals surface area contributed by atoms with Gasteiger partial charge in [0.1, 0.15) is 5.82 Å². The van der Waals surface area contributed by atoms with Gasteiger partial charge < -0.3 is 15.3 Å². The van der Waals surface area contributed by atoms with E-state index in [2.05, 4.69) is 5.32 Å². The molecule has 1 saturated heterocycles. The Labute approximate surface area is 178 Å². The molecule has 32 heavy (non-hydrogen) atoms. The van der Waals surface area contributed by atoms with E-state index in [1.54, 1.807) is 0 Å². The second-order valence-electron chi connectivity index (χ2n) is 8.64. The van der Waals surface area contributed by atoms with Gasteiger partial charge in [-0.2, -0.15) is 8.78 Å². The van der Waals surface area contributed by atoms with Crippen molar-refractivity contribution in [2.75, 3.05) is 5.32 Å². The number of aliphatic hydroxyl groups is 1. The van der Waals surface area contributed by atoms with Gasteiger partial charge in [0.15, 0.2) is 11.6 Å². The molecular weight excluding hydrogens is 435 g/mol. The van der Waals surface area contributed by atoms with Crippen LogP contribution in [0.2, 0.25) is 0 Å². The third kappa shape index (κ3) is 2.92. The number of piperidine rings is 2. The number of hydrogen-bond acceptors (Lipinski definition) is 3. The minimum absolute atomic E-state index is 0.131. The highest BCUT2D eigenvalue weighted by Gasteiger charge is 2.70. The first-order valence-corrected chi connectivity index (χ1v) is 10.0. The number of halogens is 5. The molecule has 1 unspecified atom stereocenters. The Kier molecular flexibility index (Phi) is 4.40. The minimum atomic E-state index is -4.24. The van der Waals surface area contributed by atoms with Crippen molar-refractivity contribution in [2.24, 2.45) is 5.92 Å². The van der Waals surface area contributed by atoms with E-state index in [0.717, 1.165) is 23.1 Å². The van der Waals surface area contributed by atoms with Crippen LogP contribution in [0.25, 0.3) is 0 Å². The van der Waals surface area contributed by atoms with Gasteiger partial charge in [-0.05, 0) is 49.6 Å². The summed E-state index contributed by atoms with van der Waals surface area (Å²) in [5, 5.41) is 12.5. The number of likely N-dealkylation sites (tertiary alicyclic amines) is 1. The second kappa shape index (κ2) is 6.74. The highest BCUT2D eigenvalue weighted by atomic mass is 19.3. The van der Waals surface area contributed by atoms with Crippen molar-refractivity contribution in [3.8, 4) is 0 Å². The number of anilines is 1. The predicted octanol–water partition coefficient (Wildman–Crippen LogP) is 3.57. The normalized spacial score (nSPS) is 27.9. The number of nitrogens with zero attached hydrogens (tertiary/aromatic N) is 1. The van der Waals surface area contributed by atoms with Crippen molar-refractivity contribution in [3.63, 3.8) is 0 Å². The first-order chi connectivity index (χ1) is 15.0. The lowest BCUT2D eigenvalue weighted by atomic mass is 9.66. The molecule has 2 bridgehead atoms. The summed E-state index contributed by atoms with van der Waals surface area (Å²) in [4.78, 5) is 26.2. The standard InChI is InChI=1S/C22H17F5N2O3/c23-15-3-1-10(19(30)28-11-2-4-16(24)17(25)6-11)5-13(15)22(26,27)20(31)29-12-7-14-18(29)9-21(14,32)8-12/h1-6,12,14,18,32H,7-9H2,(H,28,30)/t12-,14?,18-,21+/m1/s1. The Morgan fingerprint density at radius 2 is 1.75 bits per heavy atom. The van der Waals surface area contributed by atoms with E-state index in [9.17, 15) is 27.9 Å². The molecule has 0 radical (unpaired) electrons. The summed E-state index contributed by atoms with van der Waals surface area (Å²) >= 11 is 0. The van der Waals surface area contributed by atoms with Crippen molar-refractivity contribution < 1.29 is 36.6 Å². The molecule has 2 N–H and O–H groups in total. The fraction of sp³-hybridized carbons (Fsp3) is 0.364. The molecule has 2 saturated carbocycles. The molecule has 2 aromatic carbocycles. The summed E-state index contributed by atoms with van der Waals surface area (Å²) in [5.74, 6) is -10.7. The van der Waals surface area contributed by atoms with Gasteiger partial charge in [0.25, 0.3) is 11.8 Å². The van der Waals surface area contributed by atoms with Crippen LogP contribution in [-0.4, -0.2) is 39.5 Å². The number of amides is 2. The average Bonchev–Trinajstić information content (AvgIpc) is 3.16. The Hall–Kier alpha value is -3.01. The van der Waals surface area contributed by atoms with Crippen LogP contribution in [0.15, 0.2) is 36.4 Å². The summed E-state index contributed by atoms with van der Waals surface area (Å²) in [7, 11) is 0. The van der Waals surface area contributed by atoms with E-state index in [4.69, 9.17) is 0 Å². The van der Waals surface area contributed by atoms with Gasteiger partial charge in [0, 0.05) is 35.3 Å². The van der Waals surface area contributed by atoms with Gasteiger partial charge in [0.2, 0.25) is 0 Å².